The molecule has 25 heavy (non-hydrogen) atoms. The molecule has 0 aromatic heterocycles. The lowest BCUT2D eigenvalue weighted by Gasteiger charge is -2.46. The number of aliphatic hydroxyl groups is 1. The minimum absolute atomic E-state index is 0.139. The van der Waals surface area contributed by atoms with Crippen LogP contribution < -0.4 is 5.32 Å². The molecule has 0 amide bonds. The highest BCUT2D eigenvalue weighted by Crippen LogP contribution is 2.64. The van der Waals surface area contributed by atoms with Gasteiger partial charge < -0.3 is 10.4 Å². The Kier molecular flexibility index (Phi) is 4.11. The zero-order valence-corrected chi connectivity index (χ0v) is 15.4. The fraction of sp³-hybridized carbons (Fsp3) is 0.478. The standard InChI is InChI=1S/C23H29NO/c1-15-18-14-19(23(15,2)3)20(22(18)25)21(16-10-6-4-7-11-16)24-17-12-8-5-9-13-17/h4-13,15,18-22,24-25H,14H2,1-3H3/t15-,18-,19-,20-,21-,22-/m1/s1. The average Bonchev–Trinajstić information content (AvgIpc) is 3.08. The molecule has 0 saturated heterocycles. The van der Waals surface area contributed by atoms with Gasteiger partial charge in [0.15, 0.2) is 0 Å². The van der Waals surface area contributed by atoms with E-state index in [0.29, 0.717) is 17.8 Å². The van der Waals surface area contributed by atoms with E-state index in [-0.39, 0.29) is 23.5 Å². The number of aliphatic hydroxyl groups excluding tert-OH is 1. The van der Waals surface area contributed by atoms with Crippen molar-refractivity contribution in [1.82, 2.24) is 0 Å². The van der Waals surface area contributed by atoms with Gasteiger partial charge in [0, 0.05) is 11.6 Å². The minimum Gasteiger partial charge on any atom is -0.392 e. The van der Waals surface area contributed by atoms with Crippen LogP contribution in [0.5, 0.6) is 0 Å². The Hall–Kier alpha value is -1.80. The highest BCUT2D eigenvalue weighted by Gasteiger charge is 2.61. The van der Waals surface area contributed by atoms with E-state index in [1.807, 2.05) is 6.07 Å². The molecule has 2 aromatic carbocycles. The average molecular weight is 335 g/mol. The molecule has 0 heterocycles. The van der Waals surface area contributed by atoms with E-state index in [0.717, 1.165) is 12.1 Å². The largest absolute Gasteiger partial charge is 0.392 e. The lowest BCUT2D eigenvalue weighted by molar-refractivity contribution is -0.0332. The van der Waals surface area contributed by atoms with Crippen LogP contribution in [0.3, 0.4) is 0 Å². The Morgan fingerprint density at radius 3 is 2.20 bits per heavy atom. The molecule has 2 aliphatic carbocycles. The molecule has 0 aliphatic heterocycles. The number of fused-ring (bicyclic) bond motifs is 2. The molecule has 2 aliphatic rings. The van der Waals surface area contributed by atoms with Gasteiger partial charge in [0.2, 0.25) is 0 Å². The molecule has 2 saturated carbocycles. The number of hydrogen-bond acceptors (Lipinski definition) is 2. The predicted molar refractivity (Wildman–Crippen MR) is 103 cm³/mol. The third-order valence-electron chi connectivity index (χ3n) is 7.23. The first-order valence-corrected chi connectivity index (χ1v) is 9.54. The lowest BCUT2D eigenvalue weighted by Crippen LogP contribution is -2.46. The van der Waals surface area contributed by atoms with Crippen molar-refractivity contribution in [2.24, 2.45) is 29.1 Å². The van der Waals surface area contributed by atoms with E-state index in [4.69, 9.17) is 0 Å². The summed E-state index contributed by atoms with van der Waals surface area (Å²) >= 11 is 0. The Balaban J connectivity index is 1.71. The van der Waals surface area contributed by atoms with Crippen molar-refractivity contribution in [1.29, 1.82) is 0 Å². The van der Waals surface area contributed by atoms with Gasteiger partial charge in [0.25, 0.3) is 0 Å². The van der Waals surface area contributed by atoms with Gasteiger partial charge in [-0.3, -0.25) is 0 Å². The van der Waals surface area contributed by atoms with Gasteiger partial charge in [0.1, 0.15) is 0 Å². The molecular formula is C23H29NO. The van der Waals surface area contributed by atoms with Gasteiger partial charge in [-0.15, -0.1) is 0 Å². The molecule has 4 rings (SSSR count). The second-order valence-corrected chi connectivity index (χ2v) is 8.58. The van der Waals surface area contributed by atoms with Crippen LogP contribution in [0.25, 0.3) is 0 Å². The molecule has 2 fully saturated rings. The number of hydrogen-bond donors (Lipinski definition) is 2. The van der Waals surface area contributed by atoms with Crippen LogP contribution in [0.1, 0.15) is 38.8 Å². The molecular weight excluding hydrogens is 306 g/mol. The number of anilines is 1. The predicted octanol–water partition coefficient (Wildman–Crippen LogP) is 5.13. The van der Waals surface area contributed by atoms with Gasteiger partial charge in [-0.2, -0.15) is 0 Å². The van der Waals surface area contributed by atoms with Crippen LogP contribution >= 0.6 is 0 Å². The van der Waals surface area contributed by atoms with Gasteiger partial charge in [-0.05, 0) is 47.3 Å². The SMILES string of the molecule is C[C@@H]1[C@H]2C[C@H]([C@H]([C@H](Nc3ccccc3)c3ccccc3)[C@@H]2O)C1(C)C. The monoisotopic (exact) mass is 335 g/mol. The van der Waals surface area contributed by atoms with Gasteiger partial charge in [-0.25, -0.2) is 0 Å². The maximum Gasteiger partial charge on any atom is 0.0625 e. The summed E-state index contributed by atoms with van der Waals surface area (Å²) in [6.07, 6.45) is 0.925. The fourth-order valence-corrected chi connectivity index (χ4v) is 5.51. The quantitative estimate of drug-likeness (QED) is 0.812. The summed E-state index contributed by atoms with van der Waals surface area (Å²) in [5.74, 6) is 1.80. The van der Waals surface area contributed by atoms with E-state index in [1.54, 1.807) is 0 Å². The second kappa shape index (κ2) is 6.17. The molecule has 0 unspecified atom stereocenters. The Bertz CT molecular complexity index is 711. The summed E-state index contributed by atoms with van der Waals surface area (Å²) in [6.45, 7) is 7.11. The molecule has 6 atom stereocenters. The summed E-state index contributed by atoms with van der Waals surface area (Å²) in [5, 5.41) is 14.9. The summed E-state index contributed by atoms with van der Waals surface area (Å²) in [7, 11) is 0. The normalized spacial score (nSPS) is 34.0. The number of benzene rings is 2. The molecule has 2 N–H and O–H groups in total. The first-order chi connectivity index (χ1) is 12.0. The van der Waals surface area contributed by atoms with E-state index in [2.05, 4.69) is 80.7 Å². The highest BCUT2D eigenvalue weighted by atomic mass is 16.3. The van der Waals surface area contributed by atoms with Crippen molar-refractivity contribution in [3.8, 4) is 0 Å². The lowest BCUT2D eigenvalue weighted by atomic mass is 9.62. The van der Waals surface area contributed by atoms with Crippen LogP contribution in [0.4, 0.5) is 5.69 Å². The fourth-order valence-electron chi connectivity index (χ4n) is 5.51. The first-order valence-electron chi connectivity index (χ1n) is 9.54. The van der Waals surface area contributed by atoms with Gasteiger partial charge in [-0.1, -0.05) is 69.3 Å². The van der Waals surface area contributed by atoms with E-state index >= 15 is 0 Å². The molecule has 2 nitrogen and oxygen atoms in total. The summed E-state index contributed by atoms with van der Waals surface area (Å²) < 4.78 is 0. The second-order valence-electron chi connectivity index (χ2n) is 8.58. The molecule has 0 radical (unpaired) electrons. The highest BCUT2D eigenvalue weighted by molar-refractivity contribution is 5.46. The van der Waals surface area contributed by atoms with Crippen LogP contribution in [-0.4, -0.2) is 11.2 Å². The molecule has 2 heteroatoms. The Morgan fingerprint density at radius 1 is 1.00 bits per heavy atom. The van der Waals surface area contributed by atoms with Crippen molar-refractivity contribution in [2.75, 3.05) is 5.32 Å². The van der Waals surface area contributed by atoms with Crippen LogP contribution in [0.2, 0.25) is 0 Å². The number of nitrogens with one attached hydrogen (secondary N) is 1. The van der Waals surface area contributed by atoms with E-state index < -0.39 is 0 Å². The Labute approximate surface area is 151 Å². The molecule has 132 valence electrons. The third-order valence-corrected chi connectivity index (χ3v) is 7.23. The van der Waals surface area contributed by atoms with E-state index in [1.165, 1.54) is 5.56 Å². The van der Waals surface area contributed by atoms with Gasteiger partial charge in [0.05, 0.1) is 12.1 Å². The summed E-state index contributed by atoms with van der Waals surface area (Å²) in [4.78, 5) is 0. The zero-order chi connectivity index (χ0) is 17.6. The van der Waals surface area contributed by atoms with Crippen LogP contribution in [0, 0.1) is 29.1 Å². The Morgan fingerprint density at radius 2 is 1.60 bits per heavy atom. The number of rotatable bonds is 4. The summed E-state index contributed by atoms with van der Waals surface area (Å²) in [5.41, 5.74) is 2.67. The van der Waals surface area contributed by atoms with Gasteiger partial charge >= 0.3 is 0 Å². The van der Waals surface area contributed by atoms with E-state index in [9.17, 15) is 5.11 Å². The minimum atomic E-state index is -0.227. The molecule has 2 bridgehead atoms. The maximum atomic E-state index is 11.2. The van der Waals surface area contributed by atoms with Crippen LogP contribution in [0.15, 0.2) is 60.7 Å². The van der Waals surface area contributed by atoms with Crippen molar-refractivity contribution in [2.45, 2.75) is 39.3 Å². The molecule has 0 spiro atoms. The van der Waals surface area contributed by atoms with Crippen molar-refractivity contribution in [3.05, 3.63) is 66.2 Å². The smallest absolute Gasteiger partial charge is 0.0625 e. The van der Waals surface area contributed by atoms with Crippen molar-refractivity contribution < 1.29 is 5.11 Å². The third kappa shape index (κ3) is 2.67. The van der Waals surface area contributed by atoms with Crippen LogP contribution in [-0.2, 0) is 0 Å². The molecule has 2 aromatic rings. The van der Waals surface area contributed by atoms with Crippen molar-refractivity contribution in [3.63, 3.8) is 0 Å². The topological polar surface area (TPSA) is 32.3 Å². The maximum absolute atomic E-state index is 11.2. The first kappa shape index (κ1) is 16.7. The zero-order valence-electron chi connectivity index (χ0n) is 15.4. The number of para-hydroxylation sites is 1. The summed E-state index contributed by atoms with van der Waals surface area (Å²) in [6, 6.07) is 21.2. The van der Waals surface area contributed by atoms with Crippen molar-refractivity contribution >= 4 is 5.69 Å².